The fourth-order valence-corrected chi connectivity index (χ4v) is 4.26. The second-order valence-corrected chi connectivity index (χ2v) is 10.7. The summed E-state index contributed by atoms with van der Waals surface area (Å²) in [7, 11) is 0. The van der Waals surface area contributed by atoms with Crippen LogP contribution in [0, 0.1) is 5.41 Å². The first kappa shape index (κ1) is 20.9. The van der Waals surface area contributed by atoms with Crippen LogP contribution in [-0.4, -0.2) is 28.7 Å². The third kappa shape index (κ3) is 7.11. The van der Waals surface area contributed by atoms with Gasteiger partial charge in [-0.25, -0.2) is 0 Å². The van der Waals surface area contributed by atoms with E-state index >= 15 is 0 Å². The zero-order valence-corrected chi connectivity index (χ0v) is 17.3. The van der Waals surface area contributed by atoms with Crippen LogP contribution in [0.5, 0.6) is 0 Å². The molecule has 3 nitrogen and oxygen atoms in total. The third-order valence-electron chi connectivity index (χ3n) is 5.64. The van der Waals surface area contributed by atoms with E-state index in [0.29, 0.717) is 6.04 Å². The van der Waals surface area contributed by atoms with Crippen molar-refractivity contribution < 1.29 is 0 Å². The Morgan fingerprint density at radius 3 is 1.96 bits per heavy atom. The Kier molecular flexibility index (Phi) is 6.38. The summed E-state index contributed by atoms with van der Waals surface area (Å²) in [6.45, 7) is 20.7. The predicted molar refractivity (Wildman–Crippen MR) is 103 cm³/mol. The van der Waals surface area contributed by atoms with E-state index in [0.717, 1.165) is 0 Å². The van der Waals surface area contributed by atoms with E-state index in [9.17, 15) is 0 Å². The molecular weight excluding hydrogens is 282 g/mol. The number of rotatable bonds is 7. The van der Waals surface area contributed by atoms with Crippen LogP contribution in [0.2, 0.25) is 0 Å². The molecule has 1 unspecified atom stereocenters. The molecule has 1 fully saturated rings. The summed E-state index contributed by atoms with van der Waals surface area (Å²) >= 11 is 0. The first-order chi connectivity index (χ1) is 10.1. The number of nitrogens with two attached hydrogens (primary N) is 1. The van der Waals surface area contributed by atoms with Crippen molar-refractivity contribution in [1.82, 2.24) is 10.6 Å². The van der Waals surface area contributed by atoms with Gasteiger partial charge in [0.05, 0.1) is 0 Å². The molecule has 0 radical (unpaired) electrons. The van der Waals surface area contributed by atoms with Crippen LogP contribution >= 0.6 is 0 Å². The topological polar surface area (TPSA) is 50.1 Å². The monoisotopic (exact) mass is 325 g/mol. The Hall–Kier alpha value is -0.120. The average molecular weight is 326 g/mol. The summed E-state index contributed by atoms with van der Waals surface area (Å²) < 4.78 is 0. The molecular formula is C20H43N3. The third-order valence-corrected chi connectivity index (χ3v) is 5.64. The second kappa shape index (κ2) is 7.01. The van der Waals surface area contributed by atoms with Gasteiger partial charge in [0, 0.05) is 28.7 Å². The first-order valence-corrected chi connectivity index (χ1v) is 9.47. The summed E-state index contributed by atoms with van der Waals surface area (Å²) in [5.41, 5.74) is 6.92. The molecule has 1 aliphatic rings. The van der Waals surface area contributed by atoms with Gasteiger partial charge >= 0.3 is 0 Å². The molecule has 0 saturated carbocycles. The number of nitrogens with one attached hydrogen (secondary N) is 2. The van der Waals surface area contributed by atoms with Gasteiger partial charge in [0.15, 0.2) is 0 Å². The number of hydrogen-bond acceptors (Lipinski definition) is 3. The standard InChI is InChI=1S/C20H43N3/c1-15(21)17(2,3)11-10-12-18(4,5)22-16-13-19(6,7)23-20(8,9)14-16/h15-16,22-23H,10-14,21H2,1-9H3. The van der Waals surface area contributed by atoms with E-state index in [4.69, 9.17) is 5.73 Å². The summed E-state index contributed by atoms with van der Waals surface area (Å²) in [5.74, 6) is 0. The van der Waals surface area contributed by atoms with Gasteiger partial charge in [-0.2, -0.15) is 0 Å². The lowest BCUT2D eigenvalue weighted by molar-refractivity contribution is 0.125. The van der Waals surface area contributed by atoms with Crippen molar-refractivity contribution in [2.24, 2.45) is 11.1 Å². The maximum Gasteiger partial charge on any atom is 0.0144 e. The van der Waals surface area contributed by atoms with E-state index in [1.807, 2.05) is 0 Å². The fraction of sp³-hybridized carbons (Fsp3) is 1.00. The molecule has 4 N–H and O–H groups in total. The summed E-state index contributed by atoms with van der Waals surface area (Å²) in [6.07, 6.45) is 6.00. The summed E-state index contributed by atoms with van der Waals surface area (Å²) in [5, 5.41) is 7.72. The number of hydrogen-bond donors (Lipinski definition) is 3. The van der Waals surface area contributed by atoms with Crippen molar-refractivity contribution in [2.75, 3.05) is 0 Å². The molecule has 0 spiro atoms. The molecule has 0 bridgehead atoms. The Balaban J connectivity index is 2.54. The molecule has 1 saturated heterocycles. The van der Waals surface area contributed by atoms with Crippen LogP contribution in [0.4, 0.5) is 0 Å². The van der Waals surface area contributed by atoms with Gasteiger partial charge < -0.3 is 16.4 Å². The summed E-state index contributed by atoms with van der Waals surface area (Å²) in [4.78, 5) is 0. The lowest BCUT2D eigenvalue weighted by atomic mass is 9.77. The zero-order chi connectivity index (χ0) is 18.1. The van der Waals surface area contributed by atoms with Crippen molar-refractivity contribution >= 4 is 0 Å². The summed E-state index contributed by atoms with van der Waals surface area (Å²) in [6, 6.07) is 0.835. The predicted octanol–water partition coefficient (Wildman–Crippen LogP) is 4.21. The van der Waals surface area contributed by atoms with E-state index in [2.05, 4.69) is 72.9 Å². The van der Waals surface area contributed by atoms with E-state index in [-0.39, 0.29) is 28.1 Å². The van der Waals surface area contributed by atoms with Crippen molar-refractivity contribution in [2.45, 2.75) is 123 Å². The van der Waals surface area contributed by atoms with Gasteiger partial charge in [-0.1, -0.05) is 20.3 Å². The van der Waals surface area contributed by atoms with Gasteiger partial charge in [-0.15, -0.1) is 0 Å². The maximum absolute atomic E-state index is 6.11. The van der Waals surface area contributed by atoms with Crippen molar-refractivity contribution in [3.8, 4) is 0 Å². The molecule has 0 aromatic heterocycles. The van der Waals surface area contributed by atoms with Gasteiger partial charge in [0.2, 0.25) is 0 Å². The smallest absolute Gasteiger partial charge is 0.0144 e. The van der Waals surface area contributed by atoms with Gasteiger partial charge in [0.25, 0.3) is 0 Å². The van der Waals surface area contributed by atoms with Crippen LogP contribution in [0.1, 0.15) is 94.4 Å². The van der Waals surface area contributed by atoms with Crippen LogP contribution in [0.15, 0.2) is 0 Å². The SMILES string of the molecule is CC(N)C(C)(C)CCCC(C)(C)NC1CC(C)(C)NC(C)(C)C1. The molecule has 1 heterocycles. The maximum atomic E-state index is 6.11. The van der Waals surface area contributed by atoms with Gasteiger partial charge in [-0.3, -0.25) is 0 Å². The molecule has 138 valence electrons. The van der Waals surface area contributed by atoms with E-state index < -0.39 is 0 Å². The normalized spacial score (nSPS) is 23.7. The highest BCUT2D eigenvalue weighted by Crippen LogP contribution is 2.31. The molecule has 0 aliphatic carbocycles. The zero-order valence-electron chi connectivity index (χ0n) is 17.3. The Bertz CT molecular complexity index is 364. The Morgan fingerprint density at radius 2 is 1.52 bits per heavy atom. The molecule has 1 aliphatic heterocycles. The Morgan fingerprint density at radius 1 is 1.04 bits per heavy atom. The average Bonchev–Trinajstić information content (AvgIpc) is 2.21. The van der Waals surface area contributed by atoms with Crippen LogP contribution in [0.25, 0.3) is 0 Å². The highest BCUT2D eigenvalue weighted by atomic mass is 15.1. The highest BCUT2D eigenvalue weighted by molar-refractivity contribution is 5.01. The Labute approximate surface area is 145 Å². The van der Waals surface area contributed by atoms with Crippen molar-refractivity contribution in [3.05, 3.63) is 0 Å². The lowest BCUT2D eigenvalue weighted by Crippen LogP contribution is -2.63. The second-order valence-electron chi connectivity index (χ2n) is 10.7. The molecule has 3 heteroatoms. The highest BCUT2D eigenvalue weighted by Gasteiger charge is 2.39. The molecule has 23 heavy (non-hydrogen) atoms. The van der Waals surface area contributed by atoms with Crippen LogP contribution < -0.4 is 16.4 Å². The molecule has 1 atom stereocenters. The molecule has 0 aromatic carbocycles. The van der Waals surface area contributed by atoms with Crippen LogP contribution in [-0.2, 0) is 0 Å². The quantitative estimate of drug-likeness (QED) is 0.657. The molecule has 1 rings (SSSR count). The van der Waals surface area contributed by atoms with E-state index in [1.165, 1.54) is 32.1 Å². The molecule has 0 aromatic rings. The minimum atomic E-state index is 0.183. The fourth-order valence-electron chi connectivity index (χ4n) is 4.26. The van der Waals surface area contributed by atoms with Gasteiger partial charge in [0.1, 0.15) is 0 Å². The minimum Gasteiger partial charge on any atom is -0.327 e. The first-order valence-electron chi connectivity index (χ1n) is 9.47. The van der Waals surface area contributed by atoms with Crippen molar-refractivity contribution in [3.63, 3.8) is 0 Å². The minimum absolute atomic E-state index is 0.183. The van der Waals surface area contributed by atoms with E-state index in [1.54, 1.807) is 0 Å². The lowest BCUT2D eigenvalue weighted by Gasteiger charge is -2.48. The van der Waals surface area contributed by atoms with Crippen molar-refractivity contribution in [1.29, 1.82) is 0 Å². The van der Waals surface area contributed by atoms with Gasteiger partial charge in [-0.05, 0) is 79.6 Å². The molecule has 0 amide bonds. The van der Waals surface area contributed by atoms with Crippen LogP contribution in [0.3, 0.4) is 0 Å². The largest absolute Gasteiger partial charge is 0.327 e. The number of piperidine rings is 1.